The second kappa shape index (κ2) is 8.10. The molecular formula is C22H19FN6O2. The minimum atomic E-state index is -0.315. The SMILES string of the molecule is O=C(c1cnn(-c2ccccc2)n1)N1CCC(c2nnc(-c3ccc(F)cc3)o2)CC1. The summed E-state index contributed by atoms with van der Waals surface area (Å²) < 4.78 is 18.9. The van der Waals surface area contributed by atoms with Crippen molar-refractivity contribution in [1.82, 2.24) is 30.1 Å². The van der Waals surface area contributed by atoms with Crippen LogP contribution in [0, 0.1) is 5.82 Å². The number of halogens is 1. The third kappa shape index (κ3) is 3.94. The van der Waals surface area contributed by atoms with Crippen LogP contribution in [0.15, 0.2) is 65.2 Å². The number of carbonyl (C=O) groups excluding carboxylic acids is 1. The van der Waals surface area contributed by atoms with Gasteiger partial charge in [0.25, 0.3) is 5.91 Å². The van der Waals surface area contributed by atoms with Gasteiger partial charge in [0.2, 0.25) is 11.8 Å². The van der Waals surface area contributed by atoms with E-state index < -0.39 is 0 Å². The number of piperidine rings is 1. The highest BCUT2D eigenvalue weighted by Crippen LogP contribution is 2.29. The van der Waals surface area contributed by atoms with E-state index >= 15 is 0 Å². The van der Waals surface area contributed by atoms with E-state index in [9.17, 15) is 9.18 Å². The number of benzene rings is 2. The molecule has 0 aliphatic carbocycles. The molecule has 5 rings (SSSR count). The summed E-state index contributed by atoms with van der Waals surface area (Å²) in [5.74, 6) is 0.528. The number of likely N-dealkylation sites (tertiary alicyclic amines) is 1. The lowest BCUT2D eigenvalue weighted by Gasteiger charge is -2.29. The molecule has 1 amide bonds. The molecule has 2 aromatic heterocycles. The first-order chi connectivity index (χ1) is 15.2. The van der Waals surface area contributed by atoms with Crippen LogP contribution >= 0.6 is 0 Å². The van der Waals surface area contributed by atoms with Crippen molar-refractivity contribution in [2.24, 2.45) is 0 Å². The van der Waals surface area contributed by atoms with Crippen LogP contribution in [-0.4, -0.2) is 49.1 Å². The molecule has 0 bridgehead atoms. The zero-order valence-electron chi connectivity index (χ0n) is 16.6. The molecule has 31 heavy (non-hydrogen) atoms. The van der Waals surface area contributed by atoms with E-state index in [0.717, 1.165) is 5.69 Å². The highest BCUT2D eigenvalue weighted by molar-refractivity contribution is 5.92. The van der Waals surface area contributed by atoms with Crippen molar-refractivity contribution in [2.75, 3.05) is 13.1 Å². The number of para-hydroxylation sites is 1. The highest BCUT2D eigenvalue weighted by atomic mass is 19.1. The van der Waals surface area contributed by atoms with Gasteiger partial charge in [-0.1, -0.05) is 18.2 Å². The number of amides is 1. The molecule has 156 valence electrons. The highest BCUT2D eigenvalue weighted by Gasteiger charge is 2.29. The predicted molar refractivity (Wildman–Crippen MR) is 109 cm³/mol. The predicted octanol–water partition coefficient (Wildman–Crippen LogP) is 3.48. The van der Waals surface area contributed by atoms with Crippen molar-refractivity contribution in [3.8, 4) is 17.1 Å². The summed E-state index contributed by atoms with van der Waals surface area (Å²) in [6, 6.07) is 15.4. The summed E-state index contributed by atoms with van der Waals surface area (Å²) in [6.45, 7) is 1.13. The van der Waals surface area contributed by atoms with Crippen LogP contribution in [0.1, 0.15) is 35.1 Å². The van der Waals surface area contributed by atoms with Crippen LogP contribution in [0.25, 0.3) is 17.1 Å². The lowest BCUT2D eigenvalue weighted by atomic mass is 9.96. The van der Waals surface area contributed by atoms with Gasteiger partial charge in [-0.15, -0.1) is 15.3 Å². The Kier molecular flexibility index (Phi) is 4.99. The number of hydrogen-bond donors (Lipinski definition) is 0. The monoisotopic (exact) mass is 418 g/mol. The topological polar surface area (TPSA) is 89.9 Å². The zero-order valence-corrected chi connectivity index (χ0v) is 16.6. The van der Waals surface area contributed by atoms with E-state index in [0.29, 0.717) is 49.0 Å². The fourth-order valence-electron chi connectivity index (χ4n) is 3.65. The molecule has 9 heteroatoms. The van der Waals surface area contributed by atoms with E-state index in [1.807, 2.05) is 30.3 Å². The minimum Gasteiger partial charge on any atom is -0.420 e. The van der Waals surface area contributed by atoms with E-state index in [2.05, 4.69) is 20.4 Å². The summed E-state index contributed by atoms with van der Waals surface area (Å²) in [5, 5.41) is 16.8. The van der Waals surface area contributed by atoms with Crippen LogP contribution in [0.2, 0.25) is 0 Å². The molecule has 0 N–H and O–H groups in total. The quantitative estimate of drug-likeness (QED) is 0.504. The van der Waals surface area contributed by atoms with Crippen LogP contribution in [0.3, 0.4) is 0 Å². The third-order valence-electron chi connectivity index (χ3n) is 5.36. The zero-order chi connectivity index (χ0) is 21.2. The van der Waals surface area contributed by atoms with E-state index in [1.165, 1.54) is 23.1 Å². The van der Waals surface area contributed by atoms with Gasteiger partial charge in [0.05, 0.1) is 11.9 Å². The second-order valence-corrected chi connectivity index (χ2v) is 7.37. The van der Waals surface area contributed by atoms with Gasteiger partial charge in [-0.2, -0.15) is 9.90 Å². The fraction of sp³-hybridized carbons (Fsp3) is 0.227. The maximum Gasteiger partial charge on any atom is 0.276 e. The van der Waals surface area contributed by atoms with Gasteiger partial charge in [-0.05, 0) is 49.2 Å². The summed E-state index contributed by atoms with van der Waals surface area (Å²) in [6.07, 6.45) is 2.92. The normalized spacial score (nSPS) is 14.7. The Balaban J connectivity index is 1.22. The van der Waals surface area contributed by atoms with Crippen molar-refractivity contribution in [2.45, 2.75) is 18.8 Å². The van der Waals surface area contributed by atoms with E-state index in [1.54, 1.807) is 17.0 Å². The fourth-order valence-corrected chi connectivity index (χ4v) is 3.65. The minimum absolute atomic E-state index is 0.0748. The van der Waals surface area contributed by atoms with Crippen LogP contribution in [0.4, 0.5) is 4.39 Å². The summed E-state index contributed by atoms with van der Waals surface area (Å²) in [4.78, 5) is 16.1. The molecule has 1 aliphatic rings. The van der Waals surface area contributed by atoms with Crippen molar-refractivity contribution in [1.29, 1.82) is 0 Å². The number of hydrogen-bond acceptors (Lipinski definition) is 6. The molecule has 8 nitrogen and oxygen atoms in total. The average Bonchev–Trinajstić information content (AvgIpc) is 3.50. The van der Waals surface area contributed by atoms with Crippen LogP contribution < -0.4 is 0 Å². The Morgan fingerprint density at radius 3 is 2.48 bits per heavy atom. The van der Waals surface area contributed by atoms with Gasteiger partial charge in [-0.25, -0.2) is 4.39 Å². The summed E-state index contributed by atoms with van der Waals surface area (Å²) in [7, 11) is 0. The first-order valence-electron chi connectivity index (χ1n) is 10.0. The molecule has 1 fully saturated rings. The van der Waals surface area contributed by atoms with Crippen molar-refractivity contribution in [3.05, 3.63) is 78.2 Å². The molecule has 0 atom stereocenters. The maximum absolute atomic E-state index is 13.1. The summed E-state index contributed by atoms with van der Waals surface area (Å²) >= 11 is 0. The van der Waals surface area contributed by atoms with Gasteiger partial charge in [0.1, 0.15) is 5.82 Å². The number of carbonyl (C=O) groups is 1. The Bertz CT molecular complexity index is 1180. The van der Waals surface area contributed by atoms with Crippen molar-refractivity contribution in [3.63, 3.8) is 0 Å². The smallest absolute Gasteiger partial charge is 0.276 e. The van der Waals surface area contributed by atoms with Gasteiger partial charge in [0.15, 0.2) is 5.69 Å². The van der Waals surface area contributed by atoms with Crippen molar-refractivity contribution < 1.29 is 13.6 Å². The Labute approximate surface area is 177 Å². The van der Waals surface area contributed by atoms with Crippen LogP contribution in [0.5, 0.6) is 0 Å². The van der Waals surface area contributed by atoms with Crippen LogP contribution in [-0.2, 0) is 0 Å². The third-order valence-corrected chi connectivity index (χ3v) is 5.36. The molecule has 1 aliphatic heterocycles. The molecule has 0 saturated carbocycles. The number of aromatic nitrogens is 5. The molecule has 4 aromatic rings. The second-order valence-electron chi connectivity index (χ2n) is 7.37. The average molecular weight is 418 g/mol. The Hall–Kier alpha value is -3.88. The first-order valence-corrected chi connectivity index (χ1v) is 10.0. The molecule has 0 unspecified atom stereocenters. The molecule has 2 aromatic carbocycles. The Morgan fingerprint density at radius 2 is 1.74 bits per heavy atom. The molecule has 0 radical (unpaired) electrons. The number of nitrogens with zero attached hydrogens (tertiary/aromatic N) is 6. The molecular weight excluding hydrogens is 399 g/mol. The standard InChI is InChI=1S/C22H19FN6O2/c23-17-8-6-15(7-9-17)20-25-26-21(31-20)16-10-12-28(13-11-16)22(30)19-14-24-29(27-19)18-4-2-1-3-5-18/h1-9,14,16H,10-13H2. The number of rotatable bonds is 4. The largest absolute Gasteiger partial charge is 0.420 e. The van der Waals surface area contributed by atoms with Gasteiger partial charge in [-0.3, -0.25) is 4.79 Å². The lowest BCUT2D eigenvalue weighted by Crippen LogP contribution is -2.38. The molecule has 1 saturated heterocycles. The molecule has 3 heterocycles. The first kappa shape index (κ1) is 19.1. The van der Waals surface area contributed by atoms with Gasteiger partial charge < -0.3 is 9.32 Å². The van der Waals surface area contributed by atoms with E-state index in [4.69, 9.17) is 4.42 Å². The van der Waals surface area contributed by atoms with Gasteiger partial charge in [0, 0.05) is 24.6 Å². The summed E-state index contributed by atoms with van der Waals surface area (Å²) in [5.41, 5.74) is 1.79. The lowest BCUT2D eigenvalue weighted by molar-refractivity contribution is 0.0700. The van der Waals surface area contributed by atoms with E-state index in [-0.39, 0.29) is 17.6 Å². The maximum atomic E-state index is 13.1. The molecule has 0 spiro atoms. The van der Waals surface area contributed by atoms with Gasteiger partial charge >= 0.3 is 0 Å². The Morgan fingerprint density at radius 1 is 1.00 bits per heavy atom. The van der Waals surface area contributed by atoms with Crippen molar-refractivity contribution >= 4 is 5.91 Å².